The van der Waals surface area contributed by atoms with Crippen LogP contribution in [0.25, 0.3) is 5.32 Å². The Morgan fingerprint density at radius 2 is 1.79 bits per heavy atom. The van der Waals surface area contributed by atoms with Crippen LogP contribution in [0.2, 0.25) is 0 Å². The Morgan fingerprint density at radius 1 is 1.21 bits per heavy atom. The quantitative estimate of drug-likeness (QED) is 0.820. The van der Waals surface area contributed by atoms with Gasteiger partial charge in [-0.05, 0) is 18.1 Å². The largest absolute Gasteiger partial charge is 0.687 e. The molecule has 1 rings (SSSR count). The van der Waals surface area contributed by atoms with Gasteiger partial charge in [-0.15, -0.1) is 12.7 Å². The van der Waals surface area contributed by atoms with Gasteiger partial charge in [0.1, 0.15) is 5.75 Å². The summed E-state index contributed by atoms with van der Waals surface area (Å²) >= 11 is 0. The van der Waals surface area contributed by atoms with E-state index in [4.69, 9.17) is 4.74 Å². The molecule has 0 atom stereocenters. The van der Waals surface area contributed by atoms with Crippen LogP contribution in [0.4, 0.5) is 5.69 Å². The maximum atomic E-state index is 5.53. The van der Waals surface area contributed by atoms with E-state index in [1.807, 2.05) is 24.3 Å². The van der Waals surface area contributed by atoms with Crippen molar-refractivity contribution in [2.75, 3.05) is 13.7 Å². The number of hydrogen-bond acceptors (Lipinski definition) is 1. The van der Waals surface area contributed by atoms with Crippen molar-refractivity contribution in [1.82, 2.24) is 0 Å². The summed E-state index contributed by atoms with van der Waals surface area (Å²) < 4.78 is 5.53. The molecule has 0 aliphatic heterocycles. The van der Waals surface area contributed by atoms with Gasteiger partial charge in [0.25, 0.3) is 0 Å². The van der Waals surface area contributed by atoms with Gasteiger partial charge in [-0.3, -0.25) is 0 Å². The van der Waals surface area contributed by atoms with E-state index in [0.29, 0.717) is 5.92 Å². The van der Waals surface area contributed by atoms with E-state index >= 15 is 0 Å². The first-order valence-electron chi connectivity index (χ1n) is 4.55. The molecule has 75 valence electrons. The van der Waals surface area contributed by atoms with E-state index in [1.54, 1.807) is 7.05 Å². The maximum absolute atomic E-state index is 5.53. The van der Waals surface area contributed by atoms with Crippen LogP contribution in [0.5, 0.6) is 5.75 Å². The summed E-state index contributed by atoms with van der Waals surface area (Å²) in [7, 11) is 1.78. The fourth-order valence-electron chi connectivity index (χ4n) is 0.954. The Morgan fingerprint density at radius 3 is 2.21 bits per heavy atom. The van der Waals surface area contributed by atoms with Crippen molar-refractivity contribution in [3.05, 3.63) is 29.6 Å². The van der Waals surface area contributed by atoms with Gasteiger partial charge >= 0.3 is 0 Å². The molecule has 0 amide bonds. The zero-order valence-corrected chi connectivity index (χ0v) is 11.9. The number of rotatable bonds is 4. The summed E-state index contributed by atoms with van der Waals surface area (Å²) in [4.78, 5) is 0. The van der Waals surface area contributed by atoms with E-state index in [9.17, 15) is 0 Å². The smallest absolute Gasteiger partial charge is 0.119 e. The van der Waals surface area contributed by atoms with Crippen molar-refractivity contribution in [2.45, 2.75) is 13.8 Å². The Hall–Kier alpha value is -0.0761. The predicted molar refractivity (Wildman–Crippen MR) is 55.7 cm³/mol. The van der Waals surface area contributed by atoms with Crippen LogP contribution >= 0.6 is 0 Å². The molecule has 0 aliphatic carbocycles. The Labute approximate surface area is 111 Å². The average molecular weight is 267 g/mol. The molecule has 0 spiro atoms. The molecule has 0 unspecified atom stereocenters. The van der Waals surface area contributed by atoms with Crippen LogP contribution in [0.3, 0.4) is 0 Å². The SMILES string of the molecule is C[N-]c1ccc(OCC(C)C)cc1.[Y]. The summed E-state index contributed by atoms with van der Waals surface area (Å²) in [6.07, 6.45) is 0. The van der Waals surface area contributed by atoms with Gasteiger partial charge in [-0.25, -0.2) is 0 Å². The number of hydrogen-bond donors (Lipinski definition) is 0. The Kier molecular flexibility index (Phi) is 7.21. The third kappa shape index (κ3) is 4.97. The molecular formula is C11H16NOY-. The topological polar surface area (TPSA) is 23.3 Å². The van der Waals surface area contributed by atoms with Crippen molar-refractivity contribution in [1.29, 1.82) is 0 Å². The first-order valence-corrected chi connectivity index (χ1v) is 4.55. The molecule has 1 aromatic carbocycles. The Bertz CT molecular complexity index is 246. The van der Waals surface area contributed by atoms with Crippen molar-refractivity contribution in [2.24, 2.45) is 5.92 Å². The number of ether oxygens (including phenoxy) is 1. The fourth-order valence-corrected chi connectivity index (χ4v) is 0.954. The van der Waals surface area contributed by atoms with Crippen molar-refractivity contribution >= 4 is 5.69 Å². The van der Waals surface area contributed by atoms with Crippen LogP contribution in [0.15, 0.2) is 24.3 Å². The van der Waals surface area contributed by atoms with Crippen molar-refractivity contribution < 1.29 is 37.4 Å². The Balaban J connectivity index is 0.00000169. The summed E-state index contributed by atoms with van der Waals surface area (Å²) in [6.45, 7) is 5.04. The molecular weight excluding hydrogens is 251 g/mol. The monoisotopic (exact) mass is 267 g/mol. The minimum atomic E-state index is 0. The van der Waals surface area contributed by atoms with E-state index < -0.39 is 0 Å². The second-order valence-corrected chi connectivity index (χ2v) is 3.42. The molecule has 0 saturated carbocycles. The first-order chi connectivity index (χ1) is 6.22. The van der Waals surface area contributed by atoms with Crippen LogP contribution in [-0.2, 0) is 32.7 Å². The molecule has 2 nitrogen and oxygen atoms in total. The van der Waals surface area contributed by atoms with Gasteiger partial charge in [-0.2, -0.15) is 0 Å². The van der Waals surface area contributed by atoms with E-state index in [-0.39, 0.29) is 32.7 Å². The van der Waals surface area contributed by atoms with Crippen molar-refractivity contribution in [3.63, 3.8) is 0 Å². The summed E-state index contributed by atoms with van der Waals surface area (Å²) in [5.41, 5.74) is 0.983. The zero-order valence-electron chi connectivity index (χ0n) is 9.03. The molecule has 0 bridgehead atoms. The molecule has 1 radical (unpaired) electrons. The number of benzene rings is 1. The molecule has 0 N–H and O–H groups in total. The van der Waals surface area contributed by atoms with E-state index in [0.717, 1.165) is 18.0 Å². The minimum Gasteiger partial charge on any atom is -0.687 e. The molecule has 0 heterocycles. The van der Waals surface area contributed by atoms with Gasteiger partial charge in [0.15, 0.2) is 0 Å². The van der Waals surface area contributed by atoms with E-state index in [2.05, 4.69) is 19.2 Å². The van der Waals surface area contributed by atoms with Crippen LogP contribution < -0.4 is 4.74 Å². The number of nitrogens with zero attached hydrogens (tertiary/aromatic N) is 1. The molecule has 0 aromatic heterocycles. The molecule has 0 aliphatic rings. The average Bonchev–Trinajstić information content (AvgIpc) is 2.15. The molecule has 0 fully saturated rings. The summed E-state index contributed by atoms with van der Waals surface area (Å²) in [6, 6.07) is 7.81. The fraction of sp³-hybridized carbons (Fsp3) is 0.455. The second-order valence-electron chi connectivity index (χ2n) is 3.42. The van der Waals surface area contributed by atoms with Crippen molar-refractivity contribution in [3.8, 4) is 5.75 Å². The molecule has 0 saturated heterocycles. The third-order valence-electron chi connectivity index (χ3n) is 1.68. The summed E-state index contributed by atoms with van der Waals surface area (Å²) in [5.74, 6) is 1.48. The van der Waals surface area contributed by atoms with Crippen LogP contribution in [0, 0.1) is 5.92 Å². The minimum absolute atomic E-state index is 0. The zero-order chi connectivity index (χ0) is 9.68. The van der Waals surface area contributed by atoms with Gasteiger partial charge in [-0.1, -0.05) is 26.0 Å². The first kappa shape index (κ1) is 13.9. The molecule has 1 aromatic rings. The maximum Gasteiger partial charge on any atom is 0.119 e. The standard InChI is InChI=1S/C11H16NO.Y/c1-9(2)8-13-11-6-4-10(12-3)5-7-11;/h4-7,9H,8H2,1-3H3;/q-1;. The van der Waals surface area contributed by atoms with Crippen LogP contribution in [0.1, 0.15) is 13.8 Å². The molecule has 14 heavy (non-hydrogen) atoms. The second kappa shape index (κ2) is 7.25. The van der Waals surface area contributed by atoms with Gasteiger partial charge < -0.3 is 10.1 Å². The molecule has 3 heteroatoms. The van der Waals surface area contributed by atoms with Gasteiger partial charge in [0, 0.05) is 32.7 Å². The van der Waals surface area contributed by atoms with Crippen LogP contribution in [-0.4, -0.2) is 13.7 Å². The normalized spacial score (nSPS) is 9.43. The predicted octanol–water partition coefficient (Wildman–Crippen LogP) is 3.35. The third-order valence-corrected chi connectivity index (χ3v) is 1.68. The van der Waals surface area contributed by atoms with Gasteiger partial charge in [0.05, 0.1) is 6.61 Å². The van der Waals surface area contributed by atoms with E-state index in [1.165, 1.54) is 0 Å². The van der Waals surface area contributed by atoms with Gasteiger partial charge in [0.2, 0.25) is 0 Å². The summed E-state index contributed by atoms with van der Waals surface area (Å²) in [5, 5.41) is 4.05.